The molecule has 0 radical (unpaired) electrons. The molecule has 2 aromatic heterocycles. The van der Waals surface area contributed by atoms with E-state index in [4.69, 9.17) is 16.3 Å². The van der Waals surface area contributed by atoms with Gasteiger partial charge in [-0.3, -0.25) is 14.3 Å². The summed E-state index contributed by atoms with van der Waals surface area (Å²) in [4.78, 5) is 17.2. The van der Waals surface area contributed by atoms with Crippen LogP contribution in [-0.2, 0) is 16.2 Å². The first-order valence-electron chi connectivity index (χ1n) is 11.9. The monoisotopic (exact) mass is 570 g/mol. The number of likely N-dealkylation sites (tertiary alicyclic amines) is 1. The number of halogens is 4. The number of pyridine rings is 1. The van der Waals surface area contributed by atoms with Gasteiger partial charge in [0.25, 0.3) is 10.0 Å². The summed E-state index contributed by atoms with van der Waals surface area (Å²) in [5.41, 5.74) is -0.424. The summed E-state index contributed by atoms with van der Waals surface area (Å²) in [6.07, 6.45) is -1.03. The molecule has 0 saturated carbocycles. The number of hydrogen-bond donors (Lipinski definition) is 1. The van der Waals surface area contributed by atoms with Gasteiger partial charge in [-0.15, -0.1) is 0 Å². The standard InChI is InChI=1S/C25H26ClF3N4O4S/c1-17(34)18-7-9-20(10-8-18)37-14-4-12-32-11-2-5-22(32)31-38(35,36)23-6-3-13-33(23)24-21(26)15-19(16-30-24)25(27,28)29/h3,6-10,13,15-16,22,31H,2,4-5,11-12,14H2,1H3. The van der Waals surface area contributed by atoms with Gasteiger partial charge >= 0.3 is 6.18 Å². The average molecular weight is 571 g/mol. The highest BCUT2D eigenvalue weighted by molar-refractivity contribution is 7.89. The van der Waals surface area contributed by atoms with Gasteiger partial charge in [0.1, 0.15) is 5.75 Å². The van der Waals surface area contributed by atoms with Crippen molar-refractivity contribution in [2.24, 2.45) is 0 Å². The predicted molar refractivity (Wildman–Crippen MR) is 135 cm³/mol. The van der Waals surface area contributed by atoms with E-state index in [-0.39, 0.29) is 21.6 Å². The van der Waals surface area contributed by atoms with Crippen LogP contribution < -0.4 is 9.46 Å². The number of hydrogen-bond acceptors (Lipinski definition) is 6. The van der Waals surface area contributed by atoms with Gasteiger partial charge in [0.2, 0.25) is 0 Å². The average Bonchev–Trinajstić information content (AvgIpc) is 3.51. The van der Waals surface area contributed by atoms with Crippen LogP contribution in [0, 0.1) is 0 Å². The second kappa shape index (κ2) is 11.4. The first kappa shape index (κ1) is 28.1. The molecule has 1 aliphatic rings. The van der Waals surface area contributed by atoms with Crippen LogP contribution in [0.5, 0.6) is 5.75 Å². The molecule has 1 atom stereocenters. The Morgan fingerprint density at radius 3 is 2.63 bits per heavy atom. The number of alkyl halides is 3. The number of aromatic nitrogens is 2. The van der Waals surface area contributed by atoms with Crippen LogP contribution in [-0.4, -0.2) is 54.5 Å². The first-order chi connectivity index (χ1) is 18.0. The van der Waals surface area contributed by atoms with Crippen LogP contribution in [0.25, 0.3) is 5.82 Å². The van der Waals surface area contributed by atoms with E-state index < -0.39 is 27.9 Å². The summed E-state index contributed by atoms with van der Waals surface area (Å²) in [6.45, 7) is 3.20. The Balaban J connectivity index is 1.38. The molecule has 0 spiro atoms. The number of nitrogens with one attached hydrogen (secondary N) is 1. The molecule has 1 aliphatic heterocycles. The molecule has 0 amide bonds. The van der Waals surface area contributed by atoms with Crippen molar-refractivity contribution in [1.82, 2.24) is 19.2 Å². The summed E-state index contributed by atoms with van der Waals surface area (Å²) in [5.74, 6) is 0.497. The SMILES string of the molecule is CC(=O)c1ccc(OCCCN2CCCC2NS(=O)(=O)c2cccn2-c2ncc(C(F)(F)F)cc2Cl)cc1. The molecule has 1 N–H and O–H groups in total. The summed E-state index contributed by atoms with van der Waals surface area (Å²) < 4.78 is 75.0. The predicted octanol–water partition coefficient (Wildman–Crippen LogP) is 4.92. The molecule has 8 nitrogen and oxygen atoms in total. The molecular weight excluding hydrogens is 545 g/mol. The zero-order chi connectivity index (χ0) is 27.5. The zero-order valence-corrected chi connectivity index (χ0v) is 22.0. The van der Waals surface area contributed by atoms with Gasteiger partial charge in [-0.1, -0.05) is 11.6 Å². The molecule has 0 aliphatic carbocycles. The molecule has 0 bridgehead atoms. The summed E-state index contributed by atoms with van der Waals surface area (Å²) >= 11 is 6.05. The molecule has 1 unspecified atom stereocenters. The number of carbonyl (C=O) groups excluding carboxylic acids is 1. The van der Waals surface area contributed by atoms with Crippen molar-refractivity contribution in [1.29, 1.82) is 0 Å². The van der Waals surface area contributed by atoms with Crippen LogP contribution in [0.4, 0.5) is 13.2 Å². The Labute approximate surface area is 223 Å². The second-order valence-corrected chi connectivity index (χ2v) is 10.9. The Morgan fingerprint density at radius 1 is 1.24 bits per heavy atom. The molecule has 3 aromatic rings. The minimum atomic E-state index is -4.63. The molecular formula is C25H26ClF3N4O4S. The van der Waals surface area contributed by atoms with Gasteiger partial charge in [0.05, 0.1) is 23.4 Å². The number of ether oxygens (including phenoxy) is 1. The van der Waals surface area contributed by atoms with Gasteiger partial charge in [-0.25, -0.2) is 13.4 Å². The van der Waals surface area contributed by atoms with Gasteiger partial charge < -0.3 is 4.74 Å². The van der Waals surface area contributed by atoms with E-state index in [1.807, 2.05) is 4.90 Å². The topological polar surface area (TPSA) is 93.5 Å². The highest BCUT2D eigenvalue weighted by atomic mass is 35.5. The maximum Gasteiger partial charge on any atom is 0.417 e. The van der Waals surface area contributed by atoms with E-state index in [1.54, 1.807) is 24.3 Å². The van der Waals surface area contributed by atoms with Crippen molar-refractivity contribution in [3.8, 4) is 11.6 Å². The minimum Gasteiger partial charge on any atom is -0.494 e. The Kier molecular flexibility index (Phi) is 8.46. The second-order valence-electron chi connectivity index (χ2n) is 8.84. The molecule has 38 heavy (non-hydrogen) atoms. The largest absolute Gasteiger partial charge is 0.494 e. The number of ketones is 1. The lowest BCUT2D eigenvalue weighted by atomic mass is 10.1. The van der Waals surface area contributed by atoms with E-state index in [9.17, 15) is 26.4 Å². The fourth-order valence-electron chi connectivity index (χ4n) is 4.23. The van der Waals surface area contributed by atoms with E-state index in [0.717, 1.165) is 11.0 Å². The third-order valence-electron chi connectivity index (χ3n) is 6.14. The van der Waals surface area contributed by atoms with E-state index in [2.05, 4.69) is 9.71 Å². The maximum absolute atomic E-state index is 13.3. The van der Waals surface area contributed by atoms with Crippen LogP contribution in [0.15, 0.2) is 59.9 Å². The highest BCUT2D eigenvalue weighted by Gasteiger charge is 2.33. The lowest BCUT2D eigenvalue weighted by Gasteiger charge is -2.25. The molecule has 13 heteroatoms. The summed E-state index contributed by atoms with van der Waals surface area (Å²) in [7, 11) is -4.06. The number of Topliss-reactive ketones (excluding diaryl/α,β-unsaturated/α-hetero) is 1. The normalized spacial score (nSPS) is 16.6. The number of nitrogens with zero attached hydrogens (tertiary/aromatic N) is 3. The van der Waals surface area contributed by atoms with Crippen molar-refractivity contribution in [3.05, 3.63) is 71.0 Å². The summed E-state index contributed by atoms with van der Waals surface area (Å²) in [5, 5.41) is -0.512. The Morgan fingerprint density at radius 2 is 1.97 bits per heavy atom. The summed E-state index contributed by atoms with van der Waals surface area (Å²) in [6, 6.07) is 10.4. The number of sulfonamides is 1. The minimum absolute atomic E-state index is 0.0231. The zero-order valence-electron chi connectivity index (χ0n) is 20.4. The van der Waals surface area contributed by atoms with Crippen molar-refractivity contribution >= 4 is 27.4 Å². The Hall–Kier alpha value is -2.93. The van der Waals surface area contributed by atoms with E-state index >= 15 is 0 Å². The lowest BCUT2D eigenvalue weighted by molar-refractivity contribution is -0.137. The van der Waals surface area contributed by atoms with Crippen LogP contribution in [0.1, 0.15) is 42.1 Å². The number of carbonyl (C=O) groups is 1. The molecule has 1 saturated heterocycles. The van der Waals surface area contributed by atoms with Crippen LogP contribution >= 0.6 is 11.6 Å². The molecule has 1 fully saturated rings. The molecule has 1 aromatic carbocycles. The molecule has 4 rings (SSSR count). The van der Waals surface area contributed by atoms with Crippen LogP contribution in [0.3, 0.4) is 0 Å². The fraction of sp³-hybridized carbons (Fsp3) is 0.360. The number of benzene rings is 1. The van der Waals surface area contributed by atoms with Crippen LogP contribution in [0.2, 0.25) is 5.02 Å². The third-order valence-corrected chi connectivity index (χ3v) is 7.88. The van der Waals surface area contributed by atoms with Crippen molar-refractivity contribution < 1.29 is 31.1 Å². The van der Waals surface area contributed by atoms with Gasteiger partial charge in [0, 0.05) is 24.5 Å². The van der Waals surface area contributed by atoms with Crippen molar-refractivity contribution in [2.75, 3.05) is 19.7 Å². The first-order valence-corrected chi connectivity index (χ1v) is 13.7. The van der Waals surface area contributed by atoms with E-state index in [0.29, 0.717) is 56.1 Å². The van der Waals surface area contributed by atoms with Gasteiger partial charge in [0.15, 0.2) is 16.6 Å². The smallest absolute Gasteiger partial charge is 0.417 e. The van der Waals surface area contributed by atoms with Gasteiger partial charge in [-0.05, 0) is 75.2 Å². The van der Waals surface area contributed by atoms with Gasteiger partial charge in [-0.2, -0.15) is 17.9 Å². The Bertz CT molecular complexity index is 1390. The highest BCUT2D eigenvalue weighted by Crippen LogP contribution is 2.32. The quantitative estimate of drug-likeness (QED) is 0.275. The number of rotatable bonds is 10. The van der Waals surface area contributed by atoms with E-state index in [1.165, 1.54) is 25.3 Å². The lowest BCUT2D eigenvalue weighted by Crippen LogP contribution is -2.45. The molecule has 3 heterocycles. The van der Waals surface area contributed by atoms with Crippen molar-refractivity contribution in [2.45, 2.75) is 43.6 Å². The maximum atomic E-state index is 13.3. The fourth-order valence-corrected chi connectivity index (χ4v) is 5.90. The molecule has 204 valence electrons. The van der Waals surface area contributed by atoms with Crippen molar-refractivity contribution in [3.63, 3.8) is 0 Å². The third kappa shape index (κ3) is 6.55.